The molecule has 2 aromatic heterocycles. The van der Waals surface area contributed by atoms with Gasteiger partial charge >= 0.3 is 0 Å². The van der Waals surface area contributed by atoms with Crippen LogP contribution in [-0.2, 0) is 9.59 Å². The summed E-state index contributed by atoms with van der Waals surface area (Å²) in [6.45, 7) is 5.20. The van der Waals surface area contributed by atoms with E-state index in [0.717, 1.165) is 16.9 Å². The van der Waals surface area contributed by atoms with Crippen LogP contribution in [0.25, 0.3) is 17.5 Å². The molecule has 0 aliphatic carbocycles. The molecule has 1 aliphatic rings. The van der Waals surface area contributed by atoms with Crippen LogP contribution in [0.4, 0.5) is 11.6 Å². The van der Waals surface area contributed by atoms with Gasteiger partial charge in [0, 0.05) is 63.9 Å². The van der Waals surface area contributed by atoms with Crippen molar-refractivity contribution < 1.29 is 9.59 Å². The average molecular weight is 477 g/mol. The van der Waals surface area contributed by atoms with Crippen LogP contribution in [0, 0.1) is 0 Å². The molecule has 3 heterocycles. The van der Waals surface area contributed by atoms with Gasteiger partial charge in [0.25, 0.3) is 0 Å². The second kappa shape index (κ2) is 11.4. The van der Waals surface area contributed by atoms with E-state index in [4.69, 9.17) is 4.98 Å². The summed E-state index contributed by atoms with van der Waals surface area (Å²) in [5.74, 6) is 2.12. The van der Waals surface area contributed by atoms with Crippen LogP contribution in [0.15, 0.2) is 59.3 Å². The number of carbonyl (C=O) groups excluding carboxylic acids is 2. The molecule has 1 fully saturated rings. The maximum atomic E-state index is 12.6. The predicted octanol–water partition coefficient (Wildman–Crippen LogP) is 3.12. The number of rotatable bonds is 8. The molecule has 2 amide bonds. The van der Waals surface area contributed by atoms with Crippen LogP contribution in [0.3, 0.4) is 0 Å². The van der Waals surface area contributed by atoms with Gasteiger partial charge in [0.2, 0.25) is 11.8 Å². The van der Waals surface area contributed by atoms with Crippen molar-refractivity contribution in [3.05, 3.63) is 64.9 Å². The minimum atomic E-state index is -0.0623. The Bertz CT molecular complexity index is 1130. The third-order valence-electron chi connectivity index (χ3n) is 5.43. The van der Waals surface area contributed by atoms with Crippen molar-refractivity contribution in [3.63, 3.8) is 0 Å². The molecule has 0 radical (unpaired) electrons. The molecule has 176 valence electrons. The van der Waals surface area contributed by atoms with E-state index in [9.17, 15) is 9.59 Å². The zero-order valence-corrected chi connectivity index (χ0v) is 19.9. The van der Waals surface area contributed by atoms with E-state index in [2.05, 4.69) is 20.5 Å². The Balaban J connectivity index is 1.44. The van der Waals surface area contributed by atoms with E-state index in [-0.39, 0.29) is 11.8 Å². The Morgan fingerprint density at radius 1 is 1.06 bits per heavy atom. The van der Waals surface area contributed by atoms with E-state index in [0.29, 0.717) is 50.9 Å². The molecule has 1 saturated heterocycles. The van der Waals surface area contributed by atoms with Gasteiger partial charge in [0.1, 0.15) is 11.6 Å². The highest BCUT2D eigenvalue weighted by molar-refractivity contribution is 7.08. The molecule has 0 bridgehead atoms. The van der Waals surface area contributed by atoms with E-state index >= 15 is 0 Å². The maximum Gasteiger partial charge on any atom is 0.246 e. The van der Waals surface area contributed by atoms with Gasteiger partial charge in [-0.25, -0.2) is 9.97 Å². The molecule has 4 rings (SSSR count). The van der Waals surface area contributed by atoms with Crippen molar-refractivity contribution in [2.45, 2.75) is 6.92 Å². The Morgan fingerprint density at radius 2 is 1.85 bits per heavy atom. The summed E-state index contributed by atoms with van der Waals surface area (Å²) in [5, 5.41) is 10.1. The molecular formula is C25H28N6O2S. The molecule has 0 unspecified atom stereocenters. The fourth-order valence-electron chi connectivity index (χ4n) is 3.63. The number of anilines is 2. The number of carbonyl (C=O) groups is 2. The normalized spacial score (nSPS) is 13.8. The van der Waals surface area contributed by atoms with Crippen molar-refractivity contribution in [1.29, 1.82) is 0 Å². The maximum absolute atomic E-state index is 12.6. The molecule has 0 spiro atoms. The molecule has 0 atom stereocenters. The number of nitrogens with zero attached hydrogens (tertiary/aromatic N) is 4. The first-order chi connectivity index (χ1) is 16.6. The Kier molecular flexibility index (Phi) is 7.87. The summed E-state index contributed by atoms with van der Waals surface area (Å²) >= 11 is 1.61. The summed E-state index contributed by atoms with van der Waals surface area (Å²) < 4.78 is 0. The molecule has 34 heavy (non-hydrogen) atoms. The van der Waals surface area contributed by atoms with Crippen LogP contribution < -0.4 is 15.5 Å². The third kappa shape index (κ3) is 6.41. The van der Waals surface area contributed by atoms with Crippen LogP contribution in [0.1, 0.15) is 12.5 Å². The SMILES string of the molecule is CC(=O)NCCNc1cc(N2CCN(C(=O)/C=C/c3ccsc3)CC2)nc(-c2ccccc2)n1. The standard InChI is InChI=1S/C25H28N6O2S/c1-19(32)26-10-11-27-22-17-23(29-25(28-22)21-5-3-2-4-6-21)30-12-14-31(15-13-30)24(33)8-7-20-9-16-34-18-20/h2-9,16-18H,10-15H2,1H3,(H,26,32)(H,27,28,29)/b8-7+. The Morgan fingerprint density at radius 3 is 2.56 bits per heavy atom. The lowest BCUT2D eigenvalue weighted by atomic mass is 10.2. The first kappa shape index (κ1) is 23.4. The molecule has 9 heteroatoms. The zero-order valence-electron chi connectivity index (χ0n) is 19.1. The molecule has 0 saturated carbocycles. The van der Waals surface area contributed by atoms with Crippen molar-refractivity contribution >= 4 is 40.9 Å². The first-order valence-corrected chi connectivity index (χ1v) is 12.2. The molecule has 3 aromatic rings. The molecular weight excluding hydrogens is 448 g/mol. The van der Waals surface area contributed by atoms with Gasteiger partial charge < -0.3 is 20.4 Å². The second-order valence-electron chi connectivity index (χ2n) is 7.91. The van der Waals surface area contributed by atoms with Crippen molar-refractivity contribution in [2.75, 3.05) is 49.5 Å². The number of hydrogen-bond acceptors (Lipinski definition) is 7. The lowest BCUT2D eigenvalue weighted by Gasteiger charge is -2.35. The van der Waals surface area contributed by atoms with Gasteiger partial charge in [-0.05, 0) is 28.5 Å². The van der Waals surface area contributed by atoms with Crippen LogP contribution in [0.5, 0.6) is 0 Å². The van der Waals surface area contributed by atoms with Gasteiger partial charge in [-0.1, -0.05) is 30.3 Å². The minimum Gasteiger partial charge on any atom is -0.368 e. The lowest BCUT2D eigenvalue weighted by Crippen LogP contribution is -2.48. The summed E-state index contributed by atoms with van der Waals surface area (Å²) in [5.41, 5.74) is 1.98. The average Bonchev–Trinajstić information content (AvgIpc) is 3.39. The number of hydrogen-bond donors (Lipinski definition) is 2. The first-order valence-electron chi connectivity index (χ1n) is 11.3. The van der Waals surface area contributed by atoms with Gasteiger partial charge in [0.05, 0.1) is 0 Å². The summed E-state index contributed by atoms with van der Waals surface area (Å²) in [6, 6.07) is 13.8. The minimum absolute atomic E-state index is 0.0267. The van der Waals surface area contributed by atoms with Crippen LogP contribution in [0.2, 0.25) is 0 Å². The highest BCUT2D eigenvalue weighted by Crippen LogP contribution is 2.23. The fourth-order valence-corrected chi connectivity index (χ4v) is 4.26. The predicted molar refractivity (Wildman–Crippen MR) is 137 cm³/mol. The number of benzene rings is 1. The molecule has 1 aliphatic heterocycles. The summed E-state index contributed by atoms with van der Waals surface area (Å²) in [6.07, 6.45) is 3.51. The second-order valence-corrected chi connectivity index (χ2v) is 8.69. The fraction of sp³-hybridized carbons (Fsp3) is 0.280. The zero-order chi connectivity index (χ0) is 23.8. The Labute approximate surface area is 203 Å². The van der Waals surface area contributed by atoms with E-state index in [1.54, 1.807) is 17.4 Å². The highest BCUT2D eigenvalue weighted by Gasteiger charge is 2.22. The molecule has 1 aromatic carbocycles. The Hall–Kier alpha value is -3.72. The lowest BCUT2D eigenvalue weighted by molar-refractivity contribution is -0.126. The largest absolute Gasteiger partial charge is 0.368 e. The van der Waals surface area contributed by atoms with Gasteiger partial charge in [-0.15, -0.1) is 0 Å². The van der Waals surface area contributed by atoms with Gasteiger partial charge in [-0.3, -0.25) is 9.59 Å². The number of thiophene rings is 1. The molecule has 8 nitrogen and oxygen atoms in total. The number of aromatic nitrogens is 2. The van der Waals surface area contributed by atoms with Crippen LogP contribution in [-0.4, -0.2) is 66.0 Å². The van der Waals surface area contributed by atoms with Crippen LogP contribution >= 0.6 is 11.3 Å². The summed E-state index contributed by atoms with van der Waals surface area (Å²) in [7, 11) is 0. The number of piperazine rings is 1. The van der Waals surface area contributed by atoms with Gasteiger partial charge in [-0.2, -0.15) is 11.3 Å². The van der Waals surface area contributed by atoms with Crippen molar-refractivity contribution in [1.82, 2.24) is 20.2 Å². The highest BCUT2D eigenvalue weighted by atomic mass is 32.1. The monoisotopic (exact) mass is 476 g/mol. The topological polar surface area (TPSA) is 90.5 Å². The molecule has 2 N–H and O–H groups in total. The van der Waals surface area contributed by atoms with Gasteiger partial charge in [0.15, 0.2) is 5.82 Å². The van der Waals surface area contributed by atoms with Crippen molar-refractivity contribution in [2.24, 2.45) is 0 Å². The van der Waals surface area contributed by atoms with E-state index in [1.165, 1.54) is 6.92 Å². The quantitative estimate of drug-likeness (QED) is 0.384. The smallest absolute Gasteiger partial charge is 0.246 e. The van der Waals surface area contributed by atoms with E-state index in [1.807, 2.05) is 64.2 Å². The summed E-state index contributed by atoms with van der Waals surface area (Å²) in [4.78, 5) is 37.2. The number of nitrogens with one attached hydrogen (secondary N) is 2. The third-order valence-corrected chi connectivity index (χ3v) is 6.13. The number of amides is 2. The van der Waals surface area contributed by atoms with Crippen molar-refractivity contribution in [3.8, 4) is 11.4 Å². The van der Waals surface area contributed by atoms with E-state index < -0.39 is 0 Å².